The van der Waals surface area contributed by atoms with E-state index in [4.69, 9.17) is 16.3 Å². The van der Waals surface area contributed by atoms with E-state index in [-0.39, 0.29) is 5.02 Å². The Bertz CT molecular complexity index is 1240. The van der Waals surface area contributed by atoms with Gasteiger partial charge in [0.2, 0.25) is 10.0 Å². The SMILES string of the molecule is CS(=O)(=O)Nc1cc2c(Nc3ccc(F)c(Cl)c3)ncnc2cc1CCN1CCOCC1. The van der Waals surface area contributed by atoms with E-state index >= 15 is 0 Å². The summed E-state index contributed by atoms with van der Waals surface area (Å²) in [5, 5.41) is 3.71. The number of anilines is 3. The van der Waals surface area contributed by atoms with E-state index in [1.165, 1.54) is 18.5 Å². The van der Waals surface area contributed by atoms with E-state index in [0.717, 1.165) is 31.5 Å². The van der Waals surface area contributed by atoms with Crippen LogP contribution in [0.1, 0.15) is 5.56 Å². The average Bonchev–Trinajstić information content (AvgIpc) is 2.75. The summed E-state index contributed by atoms with van der Waals surface area (Å²) < 4.78 is 45.5. The van der Waals surface area contributed by atoms with Crippen LogP contribution in [0.25, 0.3) is 10.9 Å². The van der Waals surface area contributed by atoms with Crippen LogP contribution < -0.4 is 10.0 Å². The molecule has 2 N–H and O–H groups in total. The van der Waals surface area contributed by atoms with Crippen molar-refractivity contribution in [1.82, 2.24) is 14.9 Å². The molecule has 4 rings (SSSR count). The summed E-state index contributed by atoms with van der Waals surface area (Å²) in [7, 11) is -3.50. The van der Waals surface area contributed by atoms with Crippen molar-refractivity contribution in [3.63, 3.8) is 0 Å². The van der Waals surface area contributed by atoms with Gasteiger partial charge in [-0.25, -0.2) is 22.8 Å². The molecule has 0 radical (unpaired) electrons. The van der Waals surface area contributed by atoms with Crippen LogP contribution in [0.5, 0.6) is 0 Å². The second-order valence-corrected chi connectivity index (χ2v) is 9.74. The van der Waals surface area contributed by atoms with Gasteiger partial charge in [0.15, 0.2) is 0 Å². The van der Waals surface area contributed by atoms with Crippen LogP contribution in [-0.2, 0) is 21.2 Å². The van der Waals surface area contributed by atoms with Gasteiger partial charge in [0, 0.05) is 30.7 Å². The van der Waals surface area contributed by atoms with Crippen molar-refractivity contribution in [2.24, 2.45) is 0 Å². The molecule has 1 aliphatic heterocycles. The fourth-order valence-corrected chi connectivity index (χ4v) is 4.33. The molecule has 2 heterocycles. The van der Waals surface area contributed by atoms with Gasteiger partial charge in [0.05, 0.1) is 35.7 Å². The fourth-order valence-electron chi connectivity index (χ4n) is 3.56. The number of nitrogens with one attached hydrogen (secondary N) is 2. The predicted molar refractivity (Wildman–Crippen MR) is 124 cm³/mol. The van der Waals surface area contributed by atoms with Gasteiger partial charge in [-0.15, -0.1) is 0 Å². The van der Waals surface area contributed by atoms with Crippen molar-refractivity contribution in [2.75, 3.05) is 49.1 Å². The summed E-state index contributed by atoms with van der Waals surface area (Å²) in [4.78, 5) is 10.9. The van der Waals surface area contributed by atoms with E-state index in [9.17, 15) is 12.8 Å². The third kappa shape index (κ3) is 5.63. The van der Waals surface area contributed by atoms with E-state index in [1.807, 2.05) is 6.07 Å². The highest BCUT2D eigenvalue weighted by atomic mass is 35.5. The first-order chi connectivity index (χ1) is 15.3. The van der Waals surface area contributed by atoms with Crippen LogP contribution in [0.2, 0.25) is 5.02 Å². The molecular weight excluding hydrogens is 457 g/mol. The molecule has 0 amide bonds. The second-order valence-electron chi connectivity index (χ2n) is 7.58. The Hall–Kier alpha value is -2.53. The van der Waals surface area contributed by atoms with Crippen LogP contribution in [0, 0.1) is 5.82 Å². The van der Waals surface area contributed by atoms with Crippen molar-refractivity contribution in [3.8, 4) is 0 Å². The number of ether oxygens (including phenoxy) is 1. The minimum Gasteiger partial charge on any atom is -0.379 e. The Balaban J connectivity index is 1.69. The van der Waals surface area contributed by atoms with Crippen molar-refractivity contribution >= 4 is 49.7 Å². The molecule has 11 heteroatoms. The van der Waals surface area contributed by atoms with E-state index < -0.39 is 15.8 Å². The van der Waals surface area contributed by atoms with Gasteiger partial charge in [0.1, 0.15) is 18.0 Å². The number of morpholine rings is 1. The molecule has 32 heavy (non-hydrogen) atoms. The Morgan fingerprint density at radius 3 is 2.69 bits per heavy atom. The molecule has 1 saturated heterocycles. The Labute approximate surface area is 190 Å². The summed E-state index contributed by atoms with van der Waals surface area (Å²) in [5.41, 5.74) is 2.52. The number of halogens is 2. The van der Waals surface area contributed by atoms with Gasteiger partial charge in [-0.05, 0) is 42.3 Å². The molecule has 0 saturated carbocycles. The highest BCUT2D eigenvalue weighted by Crippen LogP contribution is 2.30. The largest absolute Gasteiger partial charge is 0.379 e. The molecule has 0 spiro atoms. The monoisotopic (exact) mass is 479 g/mol. The zero-order valence-corrected chi connectivity index (χ0v) is 19.0. The van der Waals surface area contributed by atoms with E-state index in [0.29, 0.717) is 47.7 Å². The lowest BCUT2D eigenvalue weighted by Gasteiger charge is -2.26. The number of fused-ring (bicyclic) bond motifs is 1. The zero-order chi connectivity index (χ0) is 22.7. The number of hydrogen-bond acceptors (Lipinski definition) is 7. The van der Waals surface area contributed by atoms with Gasteiger partial charge in [-0.1, -0.05) is 11.6 Å². The van der Waals surface area contributed by atoms with Crippen LogP contribution in [0.4, 0.5) is 21.6 Å². The van der Waals surface area contributed by atoms with E-state index in [2.05, 4.69) is 24.9 Å². The normalized spacial score (nSPS) is 15.1. The summed E-state index contributed by atoms with van der Waals surface area (Å²) in [6.45, 7) is 3.86. The first-order valence-electron chi connectivity index (χ1n) is 10.1. The van der Waals surface area contributed by atoms with Gasteiger partial charge < -0.3 is 10.1 Å². The third-order valence-electron chi connectivity index (χ3n) is 5.14. The predicted octanol–water partition coefficient (Wildman–Crippen LogP) is 3.41. The van der Waals surface area contributed by atoms with Crippen molar-refractivity contribution in [1.29, 1.82) is 0 Å². The Morgan fingerprint density at radius 1 is 1.19 bits per heavy atom. The third-order valence-corrected chi connectivity index (χ3v) is 6.02. The minimum atomic E-state index is -3.50. The molecule has 0 unspecified atom stereocenters. The molecule has 170 valence electrons. The molecule has 0 aliphatic carbocycles. The lowest BCUT2D eigenvalue weighted by Crippen LogP contribution is -2.37. The smallest absolute Gasteiger partial charge is 0.229 e. The lowest BCUT2D eigenvalue weighted by molar-refractivity contribution is 0.0384. The number of nitrogens with zero attached hydrogens (tertiary/aromatic N) is 3. The molecule has 1 fully saturated rings. The second kappa shape index (κ2) is 9.53. The first-order valence-corrected chi connectivity index (χ1v) is 12.3. The number of aromatic nitrogens is 2. The number of rotatable bonds is 7. The van der Waals surface area contributed by atoms with Crippen LogP contribution in [-0.4, -0.2) is 62.4 Å². The van der Waals surface area contributed by atoms with Crippen LogP contribution >= 0.6 is 11.6 Å². The highest BCUT2D eigenvalue weighted by Gasteiger charge is 2.16. The molecule has 1 aliphatic rings. The number of hydrogen-bond donors (Lipinski definition) is 2. The van der Waals surface area contributed by atoms with Crippen molar-refractivity contribution in [2.45, 2.75) is 6.42 Å². The zero-order valence-electron chi connectivity index (χ0n) is 17.4. The molecule has 2 aromatic carbocycles. The maximum Gasteiger partial charge on any atom is 0.229 e. The molecular formula is C21H23ClFN5O3S. The van der Waals surface area contributed by atoms with E-state index in [1.54, 1.807) is 12.1 Å². The topological polar surface area (TPSA) is 96.5 Å². The maximum atomic E-state index is 13.5. The first kappa shape index (κ1) is 22.7. The minimum absolute atomic E-state index is 0.0156. The highest BCUT2D eigenvalue weighted by molar-refractivity contribution is 7.92. The van der Waals surface area contributed by atoms with Crippen molar-refractivity contribution < 1.29 is 17.5 Å². The summed E-state index contributed by atoms with van der Waals surface area (Å²) in [5.74, 6) is -0.0664. The summed E-state index contributed by atoms with van der Waals surface area (Å²) >= 11 is 5.88. The Morgan fingerprint density at radius 2 is 1.97 bits per heavy atom. The molecule has 1 aromatic heterocycles. The standard InChI is InChI=1S/C21H23ClFN5O3S/c1-32(29,30)27-19-12-16-20(10-14(19)4-5-28-6-8-31-9-7-28)24-13-25-21(16)26-15-2-3-18(23)17(22)11-15/h2-3,10-13,27H,4-9H2,1H3,(H,24,25,26). The molecule has 0 bridgehead atoms. The van der Waals surface area contributed by atoms with Gasteiger partial charge >= 0.3 is 0 Å². The summed E-state index contributed by atoms with van der Waals surface area (Å²) in [6, 6.07) is 7.85. The molecule has 3 aromatic rings. The maximum absolute atomic E-state index is 13.5. The lowest BCUT2D eigenvalue weighted by atomic mass is 10.1. The van der Waals surface area contributed by atoms with Crippen molar-refractivity contribution in [3.05, 3.63) is 53.1 Å². The van der Waals surface area contributed by atoms with Gasteiger partial charge in [-0.3, -0.25) is 9.62 Å². The number of sulfonamides is 1. The summed E-state index contributed by atoms with van der Waals surface area (Å²) in [6.07, 6.45) is 3.18. The van der Waals surface area contributed by atoms with Crippen LogP contribution in [0.15, 0.2) is 36.7 Å². The molecule has 0 atom stereocenters. The van der Waals surface area contributed by atoms with Crippen LogP contribution in [0.3, 0.4) is 0 Å². The van der Waals surface area contributed by atoms with Gasteiger partial charge in [-0.2, -0.15) is 0 Å². The number of benzene rings is 2. The fraction of sp³-hybridized carbons (Fsp3) is 0.333. The average molecular weight is 480 g/mol. The molecule has 8 nitrogen and oxygen atoms in total. The Kier molecular flexibility index (Phi) is 6.75. The quantitative estimate of drug-likeness (QED) is 0.536. The van der Waals surface area contributed by atoms with Gasteiger partial charge in [0.25, 0.3) is 0 Å².